The van der Waals surface area contributed by atoms with Crippen LogP contribution in [0.2, 0.25) is 0 Å². The molecule has 3 heteroatoms. The lowest BCUT2D eigenvalue weighted by Crippen LogP contribution is -2.35. The van der Waals surface area contributed by atoms with Gasteiger partial charge in [-0.15, -0.1) is 0 Å². The van der Waals surface area contributed by atoms with E-state index in [9.17, 15) is 4.79 Å². The first-order chi connectivity index (χ1) is 9.28. The zero-order valence-electron chi connectivity index (χ0n) is 11.7. The van der Waals surface area contributed by atoms with Gasteiger partial charge in [0.1, 0.15) is 0 Å². The fourth-order valence-electron chi connectivity index (χ4n) is 2.71. The molecule has 0 spiro atoms. The van der Waals surface area contributed by atoms with E-state index in [1.54, 1.807) is 0 Å². The number of esters is 1. The summed E-state index contributed by atoms with van der Waals surface area (Å²) >= 11 is 0. The van der Waals surface area contributed by atoms with Crippen LogP contribution in [0.1, 0.15) is 24.8 Å². The summed E-state index contributed by atoms with van der Waals surface area (Å²) in [5, 5.41) is 0. The highest BCUT2D eigenvalue weighted by Crippen LogP contribution is 2.21. The van der Waals surface area contributed by atoms with Crippen LogP contribution in [0.5, 0.6) is 0 Å². The molecule has 0 aromatic heterocycles. The lowest BCUT2D eigenvalue weighted by Gasteiger charge is -2.31. The number of methoxy groups -OCH3 is 1. The molecule has 104 valence electrons. The van der Waals surface area contributed by atoms with E-state index in [0.29, 0.717) is 6.42 Å². The lowest BCUT2D eigenvalue weighted by atomic mass is 9.90. The molecule has 1 aromatic carbocycles. The molecule has 0 radical (unpaired) electrons. The van der Waals surface area contributed by atoms with Gasteiger partial charge in [0.15, 0.2) is 0 Å². The number of benzene rings is 1. The maximum absolute atomic E-state index is 11.1. The predicted octanol–water partition coefficient (Wildman–Crippen LogP) is 2.50. The van der Waals surface area contributed by atoms with Gasteiger partial charge in [-0.25, -0.2) is 0 Å². The number of carbonyl (C=O) groups is 1. The van der Waals surface area contributed by atoms with Gasteiger partial charge in [-0.3, -0.25) is 4.79 Å². The van der Waals surface area contributed by atoms with E-state index in [-0.39, 0.29) is 5.97 Å². The Kier molecular flexibility index (Phi) is 5.40. The fourth-order valence-corrected chi connectivity index (χ4v) is 2.71. The second kappa shape index (κ2) is 7.29. The first-order valence-corrected chi connectivity index (χ1v) is 7.11. The van der Waals surface area contributed by atoms with Crippen molar-refractivity contribution in [1.82, 2.24) is 4.90 Å². The summed E-state index contributed by atoms with van der Waals surface area (Å²) in [4.78, 5) is 13.5. The molecule has 1 fully saturated rings. The number of ether oxygens (including phenoxy) is 1. The van der Waals surface area contributed by atoms with E-state index in [1.807, 2.05) is 0 Å². The Balaban J connectivity index is 1.69. The van der Waals surface area contributed by atoms with Crippen molar-refractivity contribution < 1.29 is 9.53 Å². The molecule has 0 bridgehead atoms. The number of piperidine rings is 1. The number of likely N-dealkylation sites (tertiary alicyclic amines) is 1. The molecule has 0 atom stereocenters. The highest BCUT2D eigenvalue weighted by molar-refractivity contribution is 5.69. The third-order valence-electron chi connectivity index (χ3n) is 3.93. The Labute approximate surface area is 115 Å². The van der Waals surface area contributed by atoms with E-state index in [1.165, 1.54) is 31.9 Å². The van der Waals surface area contributed by atoms with Gasteiger partial charge < -0.3 is 9.64 Å². The quantitative estimate of drug-likeness (QED) is 0.763. The van der Waals surface area contributed by atoms with Crippen molar-refractivity contribution in [1.29, 1.82) is 0 Å². The van der Waals surface area contributed by atoms with Crippen LogP contribution in [0.25, 0.3) is 0 Å². The lowest BCUT2D eigenvalue weighted by molar-refractivity contribution is -0.141. The van der Waals surface area contributed by atoms with Crippen LogP contribution in [0, 0.1) is 5.92 Å². The summed E-state index contributed by atoms with van der Waals surface area (Å²) < 4.78 is 4.68. The summed E-state index contributed by atoms with van der Waals surface area (Å²) in [6, 6.07) is 10.7. The third-order valence-corrected chi connectivity index (χ3v) is 3.93. The Morgan fingerprint density at radius 3 is 2.58 bits per heavy atom. The van der Waals surface area contributed by atoms with Gasteiger partial charge in [0.25, 0.3) is 0 Å². The molecule has 0 amide bonds. The van der Waals surface area contributed by atoms with Crippen LogP contribution >= 0.6 is 0 Å². The van der Waals surface area contributed by atoms with Crippen molar-refractivity contribution in [2.45, 2.75) is 25.7 Å². The molecule has 0 unspecified atom stereocenters. The molecule has 1 heterocycles. The number of hydrogen-bond acceptors (Lipinski definition) is 3. The van der Waals surface area contributed by atoms with Gasteiger partial charge >= 0.3 is 5.97 Å². The zero-order chi connectivity index (χ0) is 13.5. The first-order valence-electron chi connectivity index (χ1n) is 7.11. The van der Waals surface area contributed by atoms with Crippen molar-refractivity contribution in [3.8, 4) is 0 Å². The van der Waals surface area contributed by atoms with Crippen molar-refractivity contribution in [3.05, 3.63) is 35.9 Å². The number of hydrogen-bond donors (Lipinski definition) is 0. The molecule has 1 saturated heterocycles. The van der Waals surface area contributed by atoms with Gasteiger partial charge in [0, 0.05) is 6.54 Å². The maximum Gasteiger partial charge on any atom is 0.306 e. The van der Waals surface area contributed by atoms with Crippen molar-refractivity contribution in [2.24, 2.45) is 5.92 Å². The van der Waals surface area contributed by atoms with Crippen molar-refractivity contribution in [2.75, 3.05) is 26.7 Å². The Morgan fingerprint density at radius 2 is 1.95 bits per heavy atom. The topological polar surface area (TPSA) is 29.5 Å². The van der Waals surface area contributed by atoms with Crippen LogP contribution in [0.4, 0.5) is 0 Å². The van der Waals surface area contributed by atoms with Crippen LogP contribution in [0.3, 0.4) is 0 Å². The molecule has 1 aliphatic heterocycles. The maximum atomic E-state index is 11.1. The van der Waals surface area contributed by atoms with Gasteiger partial charge in [-0.1, -0.05) is 30.3 Å². The van der Waals surface area contributed by atoms with Gasteiger partial charge in [0.2, 0.25) is 0 Å². The van der Waals surface area contributed by atoms with Crippen molar-refractivity contribution >= 4 is 5.97 Å². The molecule has 19 heavy (non-hydrogen) atoms. The summed E-state index contributed by atoms with van der Waals surface area (Å²) in [7, 11) is 1.45. The van der Waals surface area contributed by atoms with Gasteiger partial charge in [-0.05, 0) is 43.8 Å². The number of rotatable bonds is 5. The fraction of sp³-hybridized carbons (Fsp3) is 0.562. The van der Waals surface area contributed by atoms with Crippen molar-refractivity contribution in [3.63, 3.8) is 0 Å². The molecule has 0 N–H and O–H groups in total. The minimum Gasteiger partial charge on any atom is -0.469 e. The van der Waals surface area contributed by atoms with Crippen LogP contribution in [-0.4, -0.2) is 37.6 Å². The van der Waals surface area contributed by atoms with Crippen LogP contribution in [-0.2, 0) is 16.0 Å². The average Bonchev–Trinajstić information content (AvgIpc) is 2.47. The molecular weight excluding hydrogens is 238 g/mol. The predicted molar refractivity (Wildman–Crippen MR) is 75.9 cm³/mol. The Morgan fingerprint density at radius 1 is 1.26 bits per heavy atom. The normalized spacial score (nSPS) is 17.3. The van der Waals surface area contributed by atoms with Gasteiger partial charge in [0.05, 0.1) is 13.5 Å². The summed E-state index contributed by atoms with van der Waals surface area (Å²) in [6.45, 7) is 3.05. The Bertz CT molecular complexity index is 383. The SMILES string of the molecule is COC(=O)CCN1CCC(Cc2ccccc2)CC1. The monoisotopic (exact) mass is 261 g/mol. The second-order valence-corrected chi connectivity index (χ2v) is 5.30. The molecule has 3 nitrogen and oxygen atoms in total. The smallest absolute Gasteiger partial charge is 0.306 e. The number of carbonyl (C=O) groups excluding carboxylic acids is 1. The van der Waals surface area contributed by atoms with Gasteiger partial charge in [-0.2, -0.15) is 0 Å². The van der Waals surface area contributed by atoms with Crippen LogP contribution in [0.15, 0.2) is 30.3 Å². The first kappa shape index (κ1) is 14.1. The van der Waals surface area contributed by atoms with E-state index < -0.39 is 0 Å². The molecule has 1 aliphatic rings. The third kappa shape index (κ3) is 4.67. The molecule has 0 saturated carbocycles. The zero-order valence-corrected chi connectivity index (χ0v) is 11.7. The van der Waals surface area contributed by atoms with E-state index >= 15 is 0 Å². The second-order valence-electron chi connectivity index (χ2n) is 5.30. The highest BCUT2D eigenvalue weighted by Gasteiger charge is 2.19. The molecule has 2 rings (SSSR count). The standard InChI is InChI=1S/C16H23NO2/c1-19-16(18)9-12-17-10-7-15(8-11-17)13-14-5-3-2-4-6-14/h2-6,15H,7-13H2,1H3. The van der Waals surface area contributed by atoms with E-state index in [2.05, 4.69) is 40.0 Å². The highest BCUT2D eigenvalue weighted by atomic mass is 16.5. The molecular formula is C16H23NO2. The summed E-state index contributed by atoms with van der Waals surface area (Å²) in [5.41, 5.74) is 1.44. The number of nitrogens with zero attached hydrogens (tertiary/aromatic N) is 1. The molecule has 0 aliphatic carbocycles. The van der Waals surface area contributed by atoms with Crippen LogP contribution < -0.4 is 0 Å². The summed E-state index contributed by atoms with van der Waals surface area (Å²) in [6.07, 6.45) is 4.16. The average molecular weight is 261 g/mol. The van der Waals surface area contributed by atoms with E-state index in [4.69, 9.17) is 0 Å². The largest absolute Gasteiger partial charge is 0.469 e. The minimum absolute atomic E-state index is 0.105. The van der Waals surface area contributed by atoms with E-state index in [0.717, 1.165) is 25.6 Å². The Hall–Kier alpha value is -1.35. The molecule has 1 aromatic rings. The summed E-state index contributed by atoms with van der Waals surface area (Å²) in [5.74, 6) is 0.684. The minimum atomic E-state index is -0.105.